The van der Waals surface area contributed by atoms with Crippen molar-refractivity contribution in [3.05, 3.63) is 18.0 Å². The molecule has 16 heavy (non-hydrogen) atoms. The Bertz CT molecular complexity index is 315. The third kappa shape index (κ3) is 3.80. The van der Waals surface area contributed by atoms with Gasteiger partial charge in [0.2, 0.25) is 0 Å². The van der Waals surface area contributed by atoms with Crippen molar-refractivity contribution in [2.75, 3.05) is 0 Å². The maximum absolute atomic E-state index is 4.06. The van der Waals surface area contributed by atoms with Crippen LogP contribution in [0.2, 0.25) is 0 Å². The number of aromatic nitrogens is 3. The highest BCUT2D eigenvalue weighted by Crippen LogP contribution is 2.12. The second kappa shape index (κ2) is 7.20. The fourth-order valence-electron chi connectivity index (χ4n) is 1.91. The van der Waals surface area contributed by atoms with E-state index in [4.69, 9.17) is 0 Å². The molecule has 0 N–H and O–H groups in total. The minimum absolute atomic E-state index is 0.941. The highest BCUT2D eigenvalue weighted by molar-refractivity contribution is 5.43. The molecule has 0 spiro atoms. The van der Waals surface area contributed by atoms with Crippen molar-refractivity contribution in [1.29, 1.82) is 0 Å². The van der Waals surface area contributed by atoms with E-state index in [-0.39, 0.29) is 0 Å². The number of rotatable bonds is 8. The molecule has 0 aliphatic rings. The Hall–Kier alpha value is -1.12. The highest BCUT2D eigenvalue weighted by Gasteiger charge is 2.06. The lowest BCUT2D eigenvalue weighted by Gasteiger charge is -2.02. The molecule has 1 aromatic heterocycles. The van der Waals surface area contributed by atoms with Gasteiger partial charge in [-0.2, -0.15) is 0 Å². The first-order chi connectivity index (χ1) is 7.79. The zero-order valence-electron chi connectivity index (χ0n) is 10.6. The minimum atomic E-state index is 0.941. The first-order valence-electron chi connectivity index (χ1n) is 6.30. The van der Waals surface area contributed by atoms with Crippen molar-refractivity contribution in [3.63, 3.8) is 0 Å². The predicted molar refractivity (Wildman–Crippen MR) is 68.2 cm³/mol. The van der Waals surface area contributed by atoms with Crippen molar-refractivity contribution < 1.29 is 0 Å². The molecule has 3 heteroatoms. The van der Waals surface area contributed by atoms with Crippen LogP contribution in [-0.2, 0) is 13.5 Å². The molecule has 1 heterocycles. The molecule has 1 aromatic rings. The van der Waals surface area contributed by atoms with Crippen LogP contribution in [0.3, 0.4) is 0 Å². The molecule has 0 aliphatic heterocycles. The fraction of sp³-hybridized carbons (Fsp3) is 0.692. The number of unbranched alkanes of at least 4 members (excludes halogenated alkanes) is 5. The molecule has 0 aromatic carbocycles. The van der Waals surface area contributed by atoms with Gasteiger partial charge in [-0.3, -0.25) is 4.68 Å². The molecular weight excluding hydrogens is 198 g/mol. The molecule has 0 amide bonds. The van der Waals surface area contributed by atoms with Crippen molar-refractivity contribution in [1.82, 2.24) is 15.0 Å². The smallest absolute Gasteiger partial charge is 0.108 e. The zero-order valence-corrected chi connectivity index (χ0v) is 10.6. The van der Waals surface area contributed by atoms with Crippen LogP contribution in [0.4, 0.5) is 0 Å². The topological polar surface area (TPSA) is 30.7 Å². The summed E-state index contributed by atoms with van der Waals surface area (Å²) in [6.45, 7) is 6.01. The summed E-state index contributed by atoms with van der Waals surface area (Å²) in [6, 6.07) is 0. The first-order valence-corrected chi connectivity index (χ1v) is 6.30. The van der Waals surface area contributed by atoms with Gasteiger partial charge in [0, 0.05) is 7.05 Å². The summed E-state index contributed by atoms with van der Waals surface area (Å²) in [5.74, 6) is 0. The van der Waals surface area contributed by atoms with Crippen molar-refractivity contribution in [2.24, 2.45) is 7.05 Å². The van der Waals surface area contributed by atoms with Crippen LogP contribution >= 0.6 is 0 Å². The lowest BCUT2D eigenvalue weighted by molar-refractivity contribution is 0.590. The van der Waals surface area contributed by atoms with E-state index in [0.717, 1.165) is 12.1 Å². The molecule has 0 radical (unpaired) electrons. The molecule has 0 bridgehead atoms. The van der Waals surface area contributed by atoms with Crippen molar-refractivity contribution in [3.8, 4) is 0 Å². The number of aryl methyl sites for hydroxylation is 1. The van der Waals surface area contributed by atoms with Crippen molar-refractivity contribution in [2.45, 2.75) is 51.9 Å². The average Bonchev–Trinajstić information content (AvgIpc) is 2.65. The fourth-order valence-corrected chi connectivity index (χ4v) is 1.91. The molecule has 0 unspecified atom stereocenters. The van der Waals surface area contributed by atoms with Crippen LogP contribution in [0.15, 0.2) is 6.58 Å². The molecule has 90 valence electrons. The van der Waals surface area contributed by atoms with E-state index >= 15 is 0 Å². The van der Waals surface area contributed by atoms with E-state index in [1.165, 1.54) is 44.2 Å². The predicted octanol–water partition coefficient (Wildman–Crippen LogP) is 3.36. The van der Waals surface area contributed by atoms with Gasteiger partial charge in [0.05, 0.1) is 5.69 Å². The van der Waals surface area contributed by atoms with Crippen LogP contribution < -0.4 is 0 Å². The quantitative estimate of drug-likeness (QED) is 0.630. The van der Waals surface area contributed by atoms with E-state index in [1.807, 2.05) is 11.7 Å². The van der Waals surface area contributed by atoms with Crippen LogP contribution in [0.1, 0.15) is 56.8 Å². The summed E-state index contributed by atoms with van der Waals surface area (Å²) in [5, 5.41) is 8.07. The second-order valence-electron chi connectivity index (χ2n) is 4.27. The summed E-state index contributed by atoms with van der Waals surface area (Å²) in [6.07, 6.45) is 10.8. The number of hydrogen-bond acceptors (Lipinski definition) is 2. The Labute approximate surface area is 98.6 Å². The van der Waals surface area contributed by atoms with Crippen LogP contribution in [-0.4, -0.2) is 15.0 Å². The van der Waals surface area contributed by atoms with Gasteiger partial charge < -0.3 is 0 Å². The zero-order chi connectivity index (χ0) is 11.8. The van der Waals surface area contributed by atoms with Crippen LogP contribution in [0, 0.1) is 0 Å². The van der Waals surface area contributed by atoms with Crippen LogP contribution in [0.25, 0.3) is 6.08 Å². The van der Waals surface area contributed by atoms with Crippen molar-refractivity contribution >= 4 is 6.08 Å². The Morgan fingerprint density at radius 1 is 1.19 bits per heavy atom. The number of nitrogens with zero attached hydrogens (tertiary/aromatic N) is 3. The SMILES string of the molecule is C=Cc1nnn(C)c1CCCCCCCC. The average molecular weight is 221 g/mol. The van der Waals surface area contributed by atoms with Gasteiger partial charge in [-0.05, 0) is 18.9 Å². The van der Waals surface area contributed by atoms with Gasteiger partial charge in [0.25, 0.3) is 0 Å². The van der Waals surface area contributed by atoms with Gasteiger partial charge in [-0.25, -0.2) is 0 Å². The van der Waals surface area contributed by atoms with Gasteiger partial charge in [-0.1, -0.05) is 50.8 Å². The lowest BCUT2D eigenvalue weighted by atomic mass is 10.1. The largest absolute Gasteiger partial charge is 0.252 e. The van der Waals surface area contributed by atoms with E-state index in [9.17, 15) is 0 Å². The van der Waals surface area contributed by atoms with Gasteiger partial charge in [-0.15, -0.1) is 5.10 Å². The normalized spacial score (nSPS) is 10.6. The Balaban J connectivity index is 2.26. The molecule has 0 aliphatic carbocycles. The van der Waals surface area contributed by atoms with Gasteiger partial charge in [0.1, 0.15) is 5.69 Å². The first kappa shape index (κ1) is 12.9. The molecule has 0 saturated heterocycles. The van der Waals surface area contributed by atoms with E-state index in [1.54, 1.807) is 6.08 Å². The maximum Gasteiger partial charge on any atom is 0.108 e. The van der Waals surface area contributed by atoms with E-state index in [0.29, 0.717) is 0 Å². The van der Waals surface area contributed by atoms with E-state index in [2.05, 4.69) is 23.8 Å². The summed E-state index contributed by atoms with van der Waals surface area (Å²) in [5.41, 5.74) is 2.15. The monoisotopic (exact) mass is 221 g/mol. The van der Waals surface area contributed by atoms with Gasteiger partial charge in [0.15, 0.2) is 0 Å². The number of hydrogen-bond donors (Lipinski definition) is 0. The molecule has 1 rings (SSSR count). The van der Waals surface area contributed by atoms with Crippen LogP contribution in [0.5, 0.6) is 0 Å². The Kier molecular flexibility index (Phi) is 5.83. The minimum Gasteiger partial charge on any atom is -0.252 e. The Morgan fingerprint density at radius 3 is 2.56 bits per heavy atom. The molecule has 0 atom stereocenters. The van der Waals surface area contributed by atoms with Gasteiger partial charge >= 0.3 is 0 Å². The molecule has 0 fully saturated rings. The third-order valence-electron chi connectivity index (χ3n) is 2.93. The third-order valence-corrected chi connectivity index (χ3v) is 2.93. The molecule has 0 saturated carbocycles. The molecular formula is C13H23N3. The molecule has 3 nitrogen and oxygen atoms in total. The highest BCUT2D eigenvalue weighted by atomic mass is 15.4. The van der Waals surface area contributed by atoms with E-state index < -0.39 is 0 Å². The summed E-state index contributed by atoms with van der Waals surface area (Å²) in [7, 11) is 1.95. The summed E-state index contributed by atoms with van der Waals surface area (Å²) >= 11 is 0. The second-order valence-corrected chi connectivity index (χ2v) is 4.27. The lowest BCUT2D eigenvalue weighted by Crippen LogP contribution is -1.99. The summed E-state index contributed by atoms with van der Waals surface area (Å²) < 4.78 is 1.86. The standard InChI is InChI=1S/C13H23N3/c1-4-6-7-8-9-10-11-13-12(5-2)14-15-16(13)3/h5H,2,4,6-11H2,1,3H3. The maximum atomic E-state index is 4.06. The summed E-state index contributed by atoms with van der Waals surface area (Å²) in [4.78, 5) is 0. The Morgan fingerprint density at radius 2 is 1.88 bits per heavy atom.